The van der Waals surface area contributed by atoms with Gasteiger partial charge in [-0.15, -0.1) is 0 Å². The lowest BCUT2D eigenvalue weighted by molar-refractivity contribution is -0.112. The number of carbonyl (C=O) groups is 1. The first-order chi connectivity index (χ1) is 6.59. The summed E-state index contributed by atoms with van der Waals surface area (Å²) in [6, 6.07) is 6.11. The molecule has 0 saturated heterocycles. The van der Waals surface area contributed by atoms with Gasteiger partial charge in [-0.05, 0) is 66.3 Å². The molecule has 0 amide bonds. The van der Waals surface area contributed by atoms with Crippen molar-refractivity contribution in [2.24, 2.45) is 0 Å². The van der Waals surface area contributed by atoms with Crippen LogP contribution in [0.4, 0.5) is 5.69 Å². The summed E-state index contributed by atoms with van der Waals surface area (Å²) in [5.74, 6) is 0.0423. The lowest BCUT2D eigenvalue weighted by Crippen LogP contribution is -1.92. The summed E-state index contributed by atoms with van der Waals surface area (Å²) >= 11 is 2.27. The molecule has 2 nitrogen and oxygen atoms in total. The van der Waals surface area contributed by atoms with Gasteiger partial charge in [0.05, 0.1) is 0 Å². The molecule has 0 atom stereocenters. The van der Waals surface area contributed by atoms with E-state index >= 15 is 0 Å². The standard InChI is InChI=1S/C11H12INO/c1-8-7-10(12)3-4-11(8)13-6-5-9(2)14/h3-7,13H,1-2H3/b6-5-. The Morgan fingerprint density at radius 3 is 2.79 bits per heavy atom. The Balaban J connectivity index is 2.73. The predicted octanol–water partition coefficient (Wildman–Crippen LogP) is 3.11. The highest BCUT2D eigenvalue weighted by Gasteiger charge is 1.95. The summed E-state index contributed by atoms with van der Waals surface area (Å²) < 4.78 is 1.21. The molecular weight excluding hydrogens is 289 g/mol. The highest BCUT2D eigenvalue weighted by molar-refractivity contribution is 14.1. The minimum Gasteiger partial charge on any atom is -0.361 e. The first kappa shape index (κ1) is 11.2. The zero-order valence-corrected chi connectivity index (χ0v) is 10.3. The average molecular weight is 301 g/mol. The number of carbonyl (C=O) groups excluding carboxylic acids is 1. The van der Waals surface area contributed by atoms with E-state index in [1.54, 1.807) is 6.20 Å². The van der Waals surface area contributed by atoms with E-state index in [4.69, 9.17) is 0 Å². The molecule has 0 aliphatic carbocycles. The van der Waals surface area contributed by atoms with E-state index in [1.165, 1.54) is 22.1 Å². The predicted molar refractivity (Wildman–Crippen MR) is 67.3 cm³/mol. The zero-order chi connectivity index (χ0) is 10.6. The van der Waals surface area contributed by atoms with Crippen molar-refractivity contribution in [3.05, 3.63) is 39.6 Å². The van der Waals surface area contributed by atoms with E-state index < -0.39 is 0 Å². The number of hydrogen-bond donors (Lipinski definition) is 1. The van der Waals surface area contributed by atoms with Crippen LogP contribution < -0.4 is 5.32 Å². The second-order valence-corrected chi connectivity index (χ2v) is 4.29. The molecule has 0 saturated carbocycles. The van der Waals surface area contributed by atoms with Gasteiger partial charge in [0.1, 0.15) is 0 Å². The summed E-state index contributed by atoms with van der Waals surface area (Å²) in [5.41, 5.74) is 2.20. The molecule has 0 radical (unpaired) electrons. The van der Waals surface area contributed by atoms with E-state index in [2.05, 4.69) is 34.0 Å². The van der Waals surface area contributed by atoms with Crippen LogP contribution in [0.1, 0.15) is 12.5 Å². The molecule has 0 unspecified atom stereocenters. The van der Waals surface area contributed by atoms with Crippen LogP contribution in [0.25, 0.3) is 0 Å². The molecule has 74 valence electrons. The number of hydrogen-bond acceptors (Lipinski definition) is 2. The van der Waals surface area contributed by atoms with Crippen LogP contribution >= 0.6 is 22.6 Å². The Hall–Kier alpha value is -0.840. The Morgan fingerprint density at radius 1 is 1.50 bits per heavy atom. The summed E-state index contributed by atoms with van der Waals surface area (Å²) in [4.78, 5) is 10.6. The Bertz CT molecular complexity index is 372. The molecule has 1 N–H and O–H groups in total. The second kappa shape index (κ2) is 5.14. The fourth-order valence-electron chi connectivity index (χ4n) is 1.04. The minimum absolute atomic E-state index is 0.0423. The van der Waals surface area contributed by atoms with Crippen molar-refractivity contribution in [1.29, 1.82) is 0 Å². The van der Waals surface area contributed by atoms with E-state index in [0.29, 0.717) is 0 Å². The second-order valence-electron chi connectivity index (χ2n) is 3.05. The van der Waals surface area contributed by atoms with Crippen molar-refractivity contribution in [3.63, 3.8) is 0 Å². The largest absolute Gasteiger partial charge is 0.361 e. The molecule has 1 rings (SSSR count). The third-order valence-electron chi connectivity index (χ3n) is 1.75. The quantitative estimate of drug-likeness (QED) is 0.686. The number of benzene rings is 1. The van der Waals surface area contributed by atoms with Crippen molar-refractivity contribution in [2.75, 3.05) is 5.32 Å². The molecule has 0 aliphatic rings. The number of halogens is 1. The van der Waals surface area contributed by atoms with E-state index in [9.17, 15) is 4.79 Å². The average Bonchev–Trinajstić information content (AvgIpc) is 2.08. The Morgan fingerprint density at radius 2 is 2.21 bits per heavy atom. The highest BCUT2D eigenvalue weighted by atomic mass is 127. The van der Waals surface area contributed by atoms with Gasteiger partial charge in [0.2, 0.25) is 0 Å². The van der Waals surface area contributed by atoms with Gasteiger partial charge in [-0.3, -0.25) is 4.79 Å². The maximum Gasteiger partial charge on any atom is 0.154 e. The summed E-state index contributed by atoms with van der Waals surface area (Å²) in [6.45, 7) is 3.56. The van der Waals surface area contributed by atoms with E-state index in [1.807, 2.05) is 19.1 Å². The van der Waals surface area contributed by atoms with Gasteiger partial charge in [0.25, 0.3) is 0 Å². The zero-order valence-electron chi connectivity index (χ0n) is 8.17. The number of aryl methyl sites for hydroxylation is 1. The number of ketones is 1. The van der Waals surface area contributed by atoms with Crippen LogP contribution in [0.2, 0.25) is 0 Å². The van der Waals surface area contributed by atoms with Gasteiger partial charge in [-0.1, -0.05) is 0 Å². The summed E-state index contributed by atoms with van der Waals surface area (Å²) in [6.07, 6.45) is 3.18. The summed E-state index contributed by atoms with van der Waals surface area (Å²) in [5, 5.41) is 3.07. The van der Waals surface area contributed by atoms with Crippen molar-refractivity contribution in [1.82, 2.24) is 0 Å². The van der Waals surface area contributed by atoms with Gasteiger partial charge in [-0.2, -0.15) is 0 Å². The monoisotopic (exact) mass is 301 g/mol. The van der Waals surface area contributed by atoms with Gasteiger partial charge < -0.3 is 5.32 Å². The van der Waals surface area contributed by atoms with Crippen LogP contribution in [0.5, 0.6) is 0 Å². The lowest BCUT2D eigenvalue weighted by atomic mass is 10.2. The topological polar surface area (TPSA) is 29.1 Å². The van der Waals surface area contributed by atoms with Crippen molar-refractivity contribution >= 4 is 34.1 Å². The molecule has 14 heavy (non-hydrogen) atoms. The van der Waals surface area contributed by atoms with Crippen molar-refractivity contribution in [3.8, 4) is 0 Å². The molecule has 0 heterocycles. The first-order valence-electron chi connectivity index (χ1n) is 4.29. The van der Waals surface area contributed by atoms with Crippen LogP contribution in [-0.4, -0.2) is 5.78 Å². The lowest BCUT2D eigenvalue weighted by Gasteiger charge is -2.04. The number of nitrogens with one attached hydrogen (secondary N) is 1. The third-order valence-corrected chi connectivity index (χ3v) is 2.42. The number of rotatable bonds is 3. The van der Waals surface area contributed by atoms with Crippen molar-refractivity contribution < 1.29 is 4.79 Å². The van der Waals surface area contributed by atoms with Crippen LogP contribution in [0.15, 0.2) is 30.5 Å². The Kier molecular flexibility index (Phi) is 4.13. The fraction of sp³-hybridized carbons (Fsp3) is 0.182. The molecule has 0 aliphatic heterocycles. The maximum atomic E-state index is 10.6. The molecular formula is C11H12INO. The smallest absolute Gasteiger partial charge is 0.154 e. The number of anilines is 1. The Labute approximate surface area is 97.5 Å². The van der Waals surface area contributed by atoms with Crippen LogP contribution in [0, 0.1) is 10.5 Å². The first-order valence-corrected chi connectivity index (χ1v) is 5.37. The molecule has 0 aromatic heterocycles. The summed E-state index contributed by atoms with van der Waals surface area (Å²) in [7, 11) is 0. The van der Waals surface area contributed by atoms with Crippen LogP contribution in [-0.2, 0) is 4.79 Å². The molecule has 1 aromatic rings. The van der Waals surface area contributed by atoms with Gasteiger partial charge in [-0.25, -0.2) is 0 Å². The minimum atomic E-state index is 0.0423. The van der Waals surface area contributed by atoms with Gasteiger partial charge >= 0.3 is 0 Å². The van der Waals surface area contributed by atoms with E-state index in [-0.39, 0.29) is 5.78 Å². The highest BCUT2D eigenvalue weighted by Crippen LogP contribution is 2.17. The normalized spacial score (nSPS) is 10.5. The van der Waals surface area contributed by atoms with E-state index in [0.717, 1.165) is 5.69 Å². The third kappa shape index (κ3) is 3.49. The molecule has 0 fully saturated rings. The van der Waals surface area contributed by atoms with Gasteiger partial charge in [0, 0.05) is 15.5 Å². The number of allylic oxidation sites excluding steroid dienone is 1. The fourth-order valence-corrected chi connectivity index (χ4v) is 1.68. The molecule has 0 bridgehead atoms. The molecule has 3 heteroatoms. The van der Waals surface area contributed by atoms with Crippen LogP contribution in [0.3, 0.4) is 0 Å². The van der Waals surface area contributed by atoms with Crippen molar-refractivity contribution in [2.45, 2.75) is 13.8 Å². The molecule has 1 aromatic carbocycles. The SMILES string of the molecule is CC(=O)/C=C\Nc1ccc(I)cc1C. The van der Waals surface area contributed by atoms with Gasteiger partial charge in [0.15, 0.2) is 5.78 Å². The maximum absolute atomic E-state index is 10.6. The molecule has 0 spiro atoms.